The summed E-state index contributed by atoms with van der Waals surface area (Å²) < 4.78 is 27.6. The number of methoxy groups -OCH3 is 1. The van der Waals surface area contributed by atoms with Gasteiger partial charge in [-0.1, -0.05) is 0 Å². The number of carbonyl (C=O) groups is 1. The van der Waals surface area contributed by atoms with Gasteiger partial charge in [-0.05, 0) is 24.8 Å². The van der Waals surface area contributed by atoms with Gasteiger partial charge in [-0.3, -0.25) is 4.79 Å². The molecular formula is C12H18N2O4S2. The average molecular weight is 318 g/mol. The van der Waals surface area contributed by atoms with Crippen LogP contribution < -0.4 is 5.14 Å². The molecule has 1 aromatic heterocycles. The zero-order valence-corrected chi connectivity index (χ0v) is 12.9. The summed E-state index contributed by atoms with van der Waals surface area (Å²) in [6.07, 6.45) is 1.98. The third kappa shape index (κ3) is 3.57. The second-order valence-electron chi connectivity index (χ2n) is 4.91. The largest absolute Gasteiger partial charge is 0.384 e. The van der Waals surface area contributed by atoms with E-state index in [-0.39, 0.29) is 10.1 Å². The molecule has 0 saturated carbocycles. The number of hydrogen-bond donors (Lipinski definition) is 1. The normalized spacial score (nSPS) is 20.1. The predicted molar refractivity (Wildman–Crippen MR) is 76.2 cm³/mol. The van der Waals surface area contributed by atoms with E-state index in [1.165, 1.54) is 6.07 Å². The molecule has 1 aliphatic rings. The van der Waals surface area contributed by atoms with E-state index in [4.69, 9.17) is 9.88 Å². The Hall–Kier alpha value is -0.960. The number of primary sulfonamides is 1. The molecule has 8 heteroatoms. The summed E-state index contributed by atoms with van der Waals surface area (Å²) in [5, 5.41) is 6.60. The topological polar surface area (TPSA) is 89.7 Å². The number of nitrogens with two attached hydrogens (primary N) is 1. The van der Waals surface area contributed by atoms with Gasteiger partial charge in [0, 0.05) is 25.6 Å². The fraction of sp³-hybridized carbons (Fsp3) is 0.583. The zero-order valence-electron chi connectivity index (χ0n) is 11.2. The summed E-state index contributed by atoms with van der Waals surface area (Å²) >= 11 is 0.975. The number of carbonyl (C=O) groups excluding carboxylic acids is 1. The van der Waals surface area contributed by atoms with Crippen molar-refractivity contribution in [3.63, 3.8) is 0 Å². The van der Waals surface area contributed by atoms with Crippen molar-refractivity contribution >= 4 is 27.3 Å². The molecular weight excluding hydrogens is 300 g/mol. The first-order valence-corrected chi connectivity index (χ1v) is 8.74. The molecule has 0 aliphatic carbocycles. The number of rotatable bonds is 4. The number of sulfonamides is 1. The minimum absolute atomic E-state index is 0.0197. The van der Waals surface area contributed by atoms with Crippen molar-refractivity contribution in [1.29, 1.82) is 0 Å². The summed E-state index contributed by atoms with van der Waals surface area (Å²) in [5.74, 6) is 0.200. The molecule has 1 fully saturated rings. The number of nitrogens with zero attached hydrogens (tertiary/aromatic N) is 1. The summed E-state index contributed by atoms with van der Waals surface area (Å²) in [6.45, 7) is 1.97. The van der Waals surface area contributed by atoms with Gasteiger partial charge in [0.05, 0.1) is 12.2 Å². The van der Waals surface area contributed by atoms with Crippen molar-refractivity contribution in [3.8, 4) is 0 Å². The van der Waals surface area contributed by atoms with Gasteiger partial charge in [-0.15, -0.1) is 11.3 Å². The molecule has 1 aromatic rings. The standard InChI is InChI=1S/C12H18N2O4S2/c1-18-7-9-3-2-4-14(6-9)12(15)10-5-11(19-8-10)20(13,16)17/h5,8-9H,2-4,6-7H2,1H3,(H2,13,16,17). The van der Waals surface area contributed by atoms with Crippen molar-refractivity contribution < 1.29 is 17.9 Å². The highest BCUT2D eigenvalue weighted by Crippen LogP contribution is 2.23. The molecule has 1 amide bonds. The van der Waals surface area contributed by atoms with Gasteiger partial charge in [0.25, 0.3) is 5.91 Å². The molecule has 6 nitrogen and oxygen atoms in total. The van der Waals surface area contributed by atoms with Crippen LogP contribution in [0.3, 0.4) is 0 Å². The number of hydrogen-bond acceptors (Lipinski definition) is 5. The molecule has 2 rings (SSSR count). The second kappa shape index (κ2) is 6.21. The molecule has 20 heavy (non-hydrogen) atoms. The van der Waals surface area contributed by atoms with Crippen molar-refractivity contribution in [1.82, 2.24) is 4.90 Å². The van der Waals surface area contributed by atoms with Crippen LogP contribution in [-0.2, 0) is 14.8 Å². The van der Waals surface area contributed by atoms with E-state index in [1.807, 2.05) is 0 Å². The molecule has 0 spiro atoms. The Kier molecular flexibility index (Phi) is 4.79. The van der Waals surface area contributed by atoms with Crippen LogP contribution in [0.15, 0.2) is 15.7 Å². The Bertz CT molecular complexity index is 580. The Morgan fingerprint density at radius 3 is 2.95 bits per heavy atom. The van der Waals surface area contributed by atoms with E-state index in [1.54, 1.807) is 17.4 Å². The first-order chi connectivity index (χ1) is 9.41. The number of ether oxygens (including phenoxy) is 1. The summed E-state index contributed by atoms with van der Waals surface area (Å²) in [7, 11) is -2.09. The van der Waals surface area contributed by atoms with Gasteiger partial charge >= 0.3 is 0 Å². The number of piperidine rings is 1. The predicted octanol–water partition coefficient (Wildman–Crippen LogP) is 0.894. The fourth-order valence-electron chi connectivity index (χ4n) is 2.38. The maximum Gasteiger partial charge on any atom is 0.254 e. The van der Waals surface area contributed by atoms with Crippen molar-refractivity contribution in [3.05, 3.63) is 17.0 Å². The van der Waals surface area contributed by atoms with Gasteiger partial charge < -0.3 is 9.64 Å². The summed E-state index contributed by atoms with van der Waals surface area (Å²) in [4.78, 5) is 14.1. The van der Waals surface area contributed by atoms with Gasteiger partial charge in [0.2, 0.25) is 10.0 Å². The lowest BCUT2D eigenvalue weighted by Gasteiger charge is -2.32. The van der Waals surface area contributed by atoms with E-state index < -0.39 is 10.0 Å². The van der Waals surface area contributed by atoms with Crippen LogP contribution >= 0.6 is 11.3 Å². The van der Waals surface area contributed by atoms with E-state index in [0.29, 0.717) is 31.2 Å². The second-order valence-corrected chi connectivity index (χ2v) is 7.61. The molecule has 1 saturated heterocycles. The lowest BCUT2D eigenvalue weighted by atomic mass is 9.98. The molecule has 1 unspecified atom stereocenters. The number of amides is 1. The zero-order chi connectivity index (χ0) is 14.8. The van der Waals surface area contributed by atoms with Crippen LogP contribution in [0.25, 0.3) is 0 Å². The molecule has 1 atom stereocenters. The molecule has 0 aromatic carbocycles. The average Bonchev–Trinajstić information content (AvgIpc) is 2.88. The van der Waals surface area contributed by atoms with Crippen LogP contribution in [0.2, 0.25) is 0 Å². The highest BCUT2D eigenvalue weighted by Gasteiger charge is 2.25. The van der Waals surface area contributed by atoms with Gasteiger partial charge in [-0.2, -0.15) is 0 Å². The van der Waals surface area contributed by atoms with E-state index in [2.05, 4.69) is 0 Å². The summed E-state index contributed by atoms with van der Waals surface area (Å²) in [6, 6.07) is 1.35. The van der Waals surface area contributed by atoms with Gasteiger partial charge in [0.1, 0.15) is 4.21 Å². The van der Waals surface area contributed by atoms with Crippen LogP contribution in [0, 0.1) is 5.92 Å². The van der Waals surface area contributed by atoms with Gasteiger partial charge in [0.15, 0.2) is 0 Å². The van der Waals surface area contributed by atoms with Crippen LogP contribution in [-0.4, -0.2) is 46.0 Å². The van der Waals surface area contributed by atoms with Crippen LogP contribution in [0.4, 0.5) is 0 Å². The Morgan fingerprint density at radius 1 is 1.60 bits per heavy atom. The van der Waals surface area contributed by atoms with Crippen molar-refractivity contribution in [2.45, 2.75) is 17.1 Å². The lowest BCUT2D eigenvalue weighted by molar-refractivity contribution is 0.0571. The third-order valence-corrected chi connectivity index (χ3v) is 5.70. The Balaban J connectivity index is 2.09. The van der Waals surface area contributed by atoms with E-state index >= 15 is 0 Å². The maximum absolute atomic E-state index is 12.3. The van der Waals surface area contributed by atoms with E-state index in [9.17, 15) is 13.2 Å². The first kappa shape index (κ1) is 15.4. The van der Waals surface area contributed by atoms with Crippen LogP contribution in [0.1, 0.15) is 23.2 Å². The quantitative estimate of drug-likeness (QED) is 0.893. The number of likely N-dealkylation sites (tertiary alicyclic amines) is 1. The highest BCUT2D eigenvalue weighted by molar-refractivity contribution is 7.91. The highest BCUT2D eigenvalue weighted by atomic mass is 32.2. The third-order valence-electron chi connectivity index (χ3n) is 3.31. The fourth-order valence-corrected chi connectivity index (χ4v) is 3.96. The van der Waals surface area contributed by atoms with Crippen molar-refractivity contribution in [2.75, 3.05) is 26.8 Å². The van der Waals surface area contributed by atoms with Crippen LogP contribution in [0.5, 0.6) is 0 Å². The molecule has 0 bridgehead atoms. The smallest absolute Gasteiger partial charge is 0.254 e. The molecule has 1 aliphatic heterocycles. The van der Waals surface area contributed by atoms with Crippen molar-refractivity contribution in [2.24, 2.45) is 11.1 Å². The maximum atomic E-state index is 12.3. The summed E-state index contributed by atoms with van der Waals surface area (Å²) in [5.41, 5.74) is 0.386. The molecule has 0 radical (unpaired) electrons. The Labute approximate surface area is 122 Å². The minimum Gasteiger partial charge on any atom is -0.384 e. The molecule has 2 heterocycles. The molecule has 2 N–H and O–H groups in total. The number of thiophene rings is 1. The minimum atomic E-state index is -3.74. The lowest BCUT2D eigenvalue weighted by Crippen LogP contribution is -2.41. The molecule has 112 valence electrons. The monoisotopic (exact) mass is 318 g/mol. The first-order valence-electron chi connectivity index (χ1n) is 6.31. The van der Waals surface area contributed by atoms with E-state index in [0.717, 1.165) is 24.2 Å². The van der Waals surface area contributed by atoms with Gasteiger partial charge in [-0.25, -0.2) is 13.6 Å². The Morgan fingerprint density at radius 2 is 2.35 bits per heavy atom. The SMILES string of the molecule is COCC1CCCN(C(=O)c2csc(S(N)(=O)=O)c2)C1.